The van der Waals surface area contributed by atoms with Crippen molar-refractivity contribution in [3.8, 4) is 0 Å². The highest BCUT2D eigenvalue weighted by molar-refractivity contribution is 6.62. The highest BCUT2D eigenvalue weighted by Crippen LogP contribution is 2.28. The lowest BCUT2D eigenvalue weighted by Crippen LogP contribution is -2.35. The van der Waals surface area contributed by atoms with E-state index >= 15 is 0 Å². The molecule has 0 aliphatic heterocycles. The molecule has 2 aromatic carbocycles. The monoisotopic (exact) mass is 239 g/mol. The Morgan fingerprint density at radius 1 is 1.00 bits per heavy atom. The molecule has 0 radical (unpaired) electrons. The molecule has 0 saturated carbocycles. The Morgan fingerprint density at radius 2 is 1.56 bits per heavy atom. The first-order valence-electron chi connectivity index (χ1n) is 5.56. The largest absolute Gasteiger partial charge is 0.491 e. The van der Waals surface area contributed by atoms with E-state index in [1.807, 2.05) is 24.3 Å². The van der Waals surface area contributed by atoms with Gasteiger partial charge in [0.05, 0.1) is 0 Å². The van der Waals surface area contributed by atoms with Crippen LogP contribution in [0.25, 0.3) is 22.9 Å². The quantitative estimate of drug-likeness (QED) is 0.560. The number of hydrogen-bond acceptors (Lipinski definition) is 3. The molecule has 90 valence electrons. The Balaban J connectivity index is 3.04. The Morgan fingerprint density at radius 3 is 2.06 bits per heavy atom. The van der Waals surface area contributed by atoms with Gasteiger partial charge in [0.1, 0.15) is 0 Å². The molecule has 0 heterocycles. The van der Waals surface area contributed by atoms with E-state index in [-0.39, 0.29) is 5.46 Å². The molecule has 3 nitrogen and oxygen atoms in total. The van der Waals surface area contributed by atoms with Crippen LogP contribution in [-0.4, -0.2) is 17.2 Å². The van der Waals surface area contributed by atoms with Crippen molar-refractivity contribution in [1.82, 2.24) is 0 Å². The number of nitrogen functional groups attached to an aromatic ring is 1. The summed E-state index contributed by atoms with van der Waals surface area (Å²) in [4.78, 5) is 0. The van der Waals surface area contributed by atoms with Gasteiger partial charge in [0.2, 0.25) is 0 Å². The van der Waals surface area contributed by atoms with Crippen LogP contribution >= 0.6 is 0 Å². The van der Waals surface area contributed by atoms with Crippen molar-refractivity contribution in [3.63, 3.8) is 0 Å². The van der Waals surface area contributed by atoms with E-state index in [4.69, 9.17) is 5.73 Å². The molecule has 0 bridgehead atoms. The summed E-state index contributed by atoms with van der Waals surface area (Å²) < 4.78 is 0. The van der Waals surface area contributed by atoms with E-state index in [9.17, 15) is 10.0 Å². The fourth-order valence-electron chi connectivity index (χ4n) is 2.25. The molecule has 18 heavy (non-hydrogen) atoms. The predicted molar refractivity (Wildman–Crippen MR) is 78.4 cm³/mol. The number of hydrogen-bond donors (Lipinski definition) is 3. The molecule has 0 amide bonds. The van der Waals surface area contributed by atoms with Gasteiger partial charge in [0.15, 0.2) is 0 Å². The zero-order chi connectivity index (χ0) is 13.3. The summed E-state index contributed by atoms with van der Waals surface area (Å²) in [5, 5.41) is 20.7. The highest BCUT2D eigenvalue weighted by Gasteiger charge is 2.22. The maximum absolute atomic E-state index is 9.49. The lowest BCUT2D eigenvalue weighted by atomic mass is 9.72. The maximum atomic E-state index is 9.49. The van der Waals surface area contributed by atoms with E-state index in [1.54, 1.807) is 12.2 Å². The third-order valence-electron chi connectivity index (χ3n) is 3.04. The first kappa shape index (κ1) is 12.4. The number of anilines is 1. The summed E-state index contributed by atoms with van der Waals surface area (Å²) in [5.41, 5.74) is 8.07. The third kappa shape index (κ3) is 1.72. The molecule has 4 N–H and O–H groups in total. The first-order valence-corrected chi connectivity index (χ1v) is 5.56. The van der Waals surface area contributed by atoms with E-state index in [1.165, 1.54) is 0 Å². The van der Waals surface area contributed by atoms with Crippen LogP contribution in [0.15, 0.2) is 37.4 Å². The Bertz CT molecular complexity index is 635. The lowest BCUT2D eigenvalue weighted by Gasteiger charge is -2.16. The van der Waals surface area contributed by atoms with Crippen LogP contribution in [0.2, 0.25) is 0 Å². The molecule has 0 aliphatic rings. The summed E-state index contributed by atoms with van der Waals surface area (Å²) in [5.74, 6) is 0. The number of benzene rings is 2. The van der Waals surface area contributed by atoms with Gasteiger partial charge in [-0.05, 0) is 16.5 Å². The van der Waals surface area contributed by atoms with Gasteiger partial charge in [-0.3, -0.25) is 0 Å². The Hall–Kier alpha value is -2.04. The van der Waals surface area contributed by atoms with Crippen LogP contribution in [0, 0.1) is 0 Å². The lowest BCUT2D eigenvalue weighted by molar-refractivity contribution is 0.426. The topological polar surface area (TPSA) is 66.5 Å². The van der Waals surface area contributed by atoms with Gasteiger partial charge in [-0.1, -0.05) is 49.6 Å². The maximum Gasteiger partial charge on any atom is 0.491 e. The summed E-state index contributed by atoms with van der Waals surface area (Å²) in [6, 6.07) is 7.52. The van der Waals surface area contributed by atoms with Crippen LogP contribution in [0.4, 0.5) is 5.69 Å². The van der Waals surface area contributed by atoms with Gasteiger partial charge < -0.3 is 15.8 Å². The normalized spacial score (nSPS) is 10.3. The van der Waals surface area contributed by atoms with E-state index in [2.05, 4.69) is 13.2 Å². The molecule has 0 unspecified atom stereocenters. The van der Waals surface area contributed by atoms with Crippen LogP contribution in [-0.2, 0) is 0 Å². The van der Waals surface area contributed by atoms with Gasteiger partial charge in [-0.25, -0.2) is 0 Å². The standard InChI is InChI=1S/C14H14BNO2/c1-3-9-10(4-2)13(15(17)18)14(16)12-8-6-5-7-11(9)12/h3-8,17-18H,1-2,16H2. The number of fused-ring (bicyclic) bond motifs is 1. The van der Waals surface area contributed by atoms with Crippen molar-refractivity contribution in [2.24, 2.45) is 0 Å². The molecule has 0 spiro atoms. The zero-order valence-electron chi connectivity index (χ0n) is 9.93. The molecule has 0 fully saturated rings. The molecule has 0 saturated heterocycles. The van der Waals surface area contributed by atoms with Crippen molar-refractivity contribution in [2.75, 3.05) is 5.73 Å². The fourth-order valence-corrected chi connectivity index (χ4v) is 2.25. The molecule has 0 aliphatic carbocycles. The van der Waals surface area contributed by atoms with E-state index in [0.29, 0.717) is 11.3 Å². The van der Waals surface area contributed by atoms with Gasteiger partial charge in [-0.15, -0.1) is 0 Å². The number of nitrogens with two attached hydrogens (primary N) is 1. The second-order valence-electron chi connectivity index (χ2n) is 3.98. The summed E-state index contributed by atoms with van der Waals surface area (Å²) >= 11 is 0. The molecule has 4 heteroatoms. The smallest absolute Gasteiger partial charge is 0.423 e. The summed E-state index contributed by atoms with van der Waals surface area (Å²) in [6.07, 6.45) is 3.24. The van der Waals surface area contributed by atoms with Gasteiger partial charge in [0.25, 0.3) is 0 Å². The minimum absolute atomic E-state index is 0.276. The summed E-state index contributed by atoms with van der Waals surface area (Å²) in [6.45, 7) is 7.47. The predicted octanol–water partition coefficient (Wildman–Crippen LogP) is 1.39. The van der Waals surface area contributed by atoms with Crippen LogP contribution in [0.3, 0.4) is 0 Å². The third-order valence-corrected chi connectivity index (χ3v) is 3.04. The van der Waals surface area contributed by atoms with Crippen molar-refractivity contribution in [1.29, 1.82) is 0 Å². The second kappa shape index (κ2) is 4.68. The van der Waals surface area contributed by atoms with Crippen molar-refractivity contribution in [2.45, 2.75) is 0 Å². The molecule has 2 aromatic rings. The van der Waals surface area contributed by atoms with Crippen LogP contribution < -0.4 is 11.2 Å². The first-order chi connectivity index (χ1) is 8.61. The molecule has 2 rings (SSSR count). The average Bonchev–Trinajstić information content (AvgIpc) is 2.38. The van der Waals surface area contributed by atoms with E-state index < -0.39 is 7.12 Å². The highest BCUT2D eigenvalue weighted by atomic mass is 16.4. The van der Waals surface area contributed by atoms with Crippen molar-refractivity contribution in [3.05, 3.63) is 48.6 Å². The van der Waals surface area contributed by atoms with Gasteiger partial charge >= 0.3 is 7.12 Å². The molecule has 0 aromatic heterocycles. The van der Waals surface area contributed by atoms with Gasteiger partial charge in [0, 0.05) is 16.5 Å². The molecular formula is C14H14BNO2. The minimum atomic E-state index is -1.64. The minimum Gasteiger partial charge on any atom is -0.423 e. The Kier molecular flexibility index (Phi) is 3.23. The second-order valence-corrected chi connectivity index (χ2v) is 3.98. The molecule has 0 atom stereocenters. The van der Waals surface area contributed by atoms with Crippen molar-refractivity contribution >= 4 is 41.2 Å². The average molecular weight is 239 g/mol. The van der Waals surface area contributed by atoms with Crippen LogP contribution in [0.1, 0.15) is 11.1 Å². The SMILES string of the molecule is C=Cc1c(B(O)O)c(N)c2ccccc2c1C=C. The Labute approximate surface area is 106 Å². The van der Waals surface area contributed by atoms with Crippen LogP contribution in [0.5, 0.6) is 0 Å². The fraction of sp³-hybridized carbons (Fsp3) is 0. The van der Waals surface area contributed by atoms with E-state index in [0.717, 1.165) is 16.3 Å². The van der Waals surface area contributed by atoms with Gasteiger partial charge in [-0.2, -0.15) is 0 Å². The zero-order valence-corrected chi connectivity index (χ0v) is 9.93. The summed E-state index contributed by atoms with van der Waals surface area (Å²) in [7, 11) is -1.64. The van der Waals surface area contributed by atoms with Crippen molar-refractivity contribution < 1.29 is 10.0 Å². The number of rotatable bonds is 3. The molecular weight excluding hydrogens is 225 g/mol.